The number of benzene rings is 1. The van der Waals surface area contributed by atoms with Crippen LogP contribution in [0.4, 0.5) is 0 Å². The van der Waals surface area contributed by atoms with Crippen molar-refractivity contribution in [1.29, 1.82) is 0 Å². The van der Waals surface area contributed by atoms with Crippen molar-refractivity contribution >= 4 is 5.97 Å². The molecule has 0 radical (unpaired) electrons. The largest absolute Gasteiger partial charge is 0.427 e. The zero-order valence-corrected chi connectivity index (χ0v) is 15.1. The Hall–Kier alpha value is -1.39. The number of hydrogen-bond donors (Lipinski definition) is 2. The number of aliphatic hydroxyl groups excluding tert-OH is 2. The highest BCUT2D eigenvalue weighted by molar-refractivity contribution is 5.72. The van der Waals surface area contributed by atoms with Crippen LogP contribution in [0.3, 0.4) is 0 Å². The van der Waals surface area contributed by atoms with E-state index < -0.39 is 12.2 Å². The number of hydrogen-bond acceptors (Lipinski definition) is 4. The standard InChI is InChI=1S/C21H28O4/c1-3-19(23)25-13-5-7-14-12(10-13)4-6-16-15(14)8-9-21(2)17(16)11-18(22)20(21)24/h5,7,10,15-18,20,22,24H,3-4,6,8-9,11H2,1-2H3/t15-,16-,17+,18-,20+,21+/m1/s1. The number of aliphatic hydroxyl groups is 2. The first-order valence-electron chi connectivity index (χ1n) is 9.63. The molecule has 1 aromatic rings. The summed E-state index contributed by atoms with van der Waals surface area (Å²) >= 11 is 0. The second kappa shape index (κ2) is 6.10. The van der Waals surface area contributed by atoms with Crippen molar-refractivity contribution in [2.45, 2.75) is 70.5 Å². The number of aryl methyl sites for hydroxylation is 1. The minimum atomic E-state index is -0.587. The van der Waals surface area contributed by atoms with Crippen molar-refractivity contribution < 1.29 is 19.7 Å². The van der Waals surface area contributed by atoms with Gasteiger partial charge >= 0.3 is 5.97 Å². The summed E-state index contributed by atoms with van der Waals surface area (Å²) in [5.74, 6) is 1.87. The smallest absolute Gasteiger partial charge is 0.310 e. The Balaban J connectivity index is 1.61. The van der Waals surface area contributed by atoms with Crippen molar-refractivity contribution in [3.05, 3.63) is 29.3 Å². The highest BCUT2D eigenvalue weighted by Crippen LogP contribution is 2.60. The van der Waals surface area contributed by atoms with Gasteiger partial charge in [-0.2, -0.15) is 0 Å². The number of esters is 1. The van der Waals surface area contributed by atoms with Crippen LogP contribution in [-0.2, 0) is 11.2 Å². The fourth-order valence-electron chi connectivity index (χ4n) is 5.81. The average molecular weight is 344 g/mol. The summed E-state index contributed by atoms with van der Waals surface area (Å²) in [6.45, 7) is 3.96. The van der Waals surface area contributed by atoms with E-state index in [4.69, 9.17) is 4.74 Å². The van der Waals surface area contributed by atoms with E-state index >= 15 is 0 Å². The Morgan fingerprint density at radius 3 is 2.88 bits per heavy atom. The molecule has 4 rings (SSSR count). The van der Waals surface area contributed by atoms with Gasteiger partial charge in [-0.15, -0.1) is 0 Å². The average Bonchev–Trinajstić information content (AvgIpc) is 2.85. The van der Waals surface area contributed by atoms with Crippen LogP contribution >= 0.6 is 0 Å². The summed E-state index contributed by atoms with van der Waals surface area (Å²) in [7, 11) is 0. The summed E-state index contributed by atoms with van der Waals surface area (Å²) in [6.07, 6.45) is 4.02. The number of carbonyl (C=O) groups is 1. The molecule has 0 saturated heterocycles. The Bertz CT molecular complexity index is 684. The minimum absolute atomic E-state index is 0.144. The highest BCUT2D eigenvalue weighted by Gasteiger charge is 2.57. The molecule has 2 N–H and O–H groups in total. The normalized spacial score (nSPS) is 39.3. The molecular formula is C21H28O4. The van der Waals surface area contributed by atoms with Crippen LogP contribution in [0.1, 0.15) is 63.0 Å². The van der Waals surface area contributed by atoms with Gasteiger partial charge in [0.2, 0.25) is 0 Å². The molecule has 2 fully saturated rings. The molecule has 1 aromatic carbocycles. The molecule has 0 spiro atoms. The first-order chi connectivity index (χ1) is 11.9. The van der Waals surface area contributed by atoms with Gasteiger partial charge in [0, 0.05) is 6.42 Å². The van der Waals surface area contributed by atoms with Gasteiger partial charge in [0.25, 0.3) is 0 Å². The van der Waals surface area contributed by atoms with Gasteiger partial charge in [0.15, 0.2) is 0 Å². The molecular weight excluding hydrogens is 316 g/mol. The number of fused-ring (bicyclic) bond motifs is 5. The predicted octanol–water partition coefficient (Wildman–Crippen LogP) is 3.19. The van der Waals surface area contributed by atoms with Crippen LogP contribution in [0.25, 0.3) is 0 Å². The quantitative estimate of drug-likeness (QED) is 0.639. The molecule has 0 aliphatic heterocycles. The van der Waals surface area contributed by atoms with E-state index in [0.717, 1.165) is 32.1 Å². The fraction of sp³-hybridized carbons (Fsp3) is 0.667. The molecule has 6 atom stereocenters. The van der Waals surface area contributed by atoms with Gasteiger partial charge in [-0.3, -0.25) is 4.79 Å². The van der Waals surface area contributed by atoms with E-state index in [1.807, 2.05) is 12.1 Å². The van der Waals surface area contributed by atoms with E-state index in [2.05, 4.69) is 13.0 Å². The van der Waals surface area contributed by atoms with Crippen molar-refractivity contribution in [3.63, 3.8) is 0 Å². The van der Waals surface area contributed by atoms with Crippen LogP contribution in [0, 0.1) is 17.3 Å². The minimum Gasteiger partial charge on any atom is -0.427 e. The molecule has 0 heterocycles. The van der Waals surface area contributed by atoms with Gasteiger partial charge in [-0.1, -0.05) is 19.9 Å². The summed E-state index contributed by atoms with van der Waals surface area (Å²) in [6, 6.07) is 6.08. The van der Waals surface area contributed by atoms with Crippen LogP contribution in [0.5, 0.6) is 5.75 Å². The number of rotatable bonds is 2. The van der Waals surface area contributed by atoms with Crippen LogP contribution in [0.15, 0.2) is 18.2 Å². The lowest BCUT2D eigenvalue weighted by Gasteiger charge is -2.49. The van der Waals surface area contributed by atoms with Crippen LogP contribution < -0.4 is 4.74 Å². The van der Waals surface area contributed by atoms with E-state index in [1.165, 1.54) is 11.1 Å². The lowest BCUT2D eigenvalue weighted by molar-refractivity contribution is -0.134. The van der Waals surface area contributed by atoms with E-state index in [0.29, 0.717) is 29.9 Å². The third-order valence-corrected chi connectivity index (χ3v) is 7.19. The third-order valence-electron chi connectivity index (χ3n) is 7.19. The summed E-state index contributed by atoms with van der Waals surface area (Å²) < 4.78 is 5.37. The topological polar surface area (TPSA) is 66.8 Å². The molecule has 3 aliphatic rings. The SMILES string of the molecule is CCC(=O)Oc1ccc2c(c1)CC[C@@H]1[C@@H]2CC[C@]2(C)[C@@H](O)[C@H](O)C[C@@H]12. The van der Waals surface area contributed by atoms with Gasteiger partial charge in [-0.25, -0.2) is 0 Å². The first kappa shape index (κ1) is 17.0. The van der Waals surface area contributed by atoms with Gasteiger partial charge in [-0.05, 0) is 78.5 Å². The fourth-order valence-corrected chi connectivity index (χ4v) is 5.81. The summed E-state index contributed by atoms with van der Waals surface area (Å²) in [5, 5.41) is 20.7. The van der Waals surface area contributed by atoms with E-state index in [9.17, 15) is 15.0 Å². The lowest BCUT2D eigenvalue weighted by atomic mass is 9.55. The summed E-state index contributed by atoms with van der Waals surface area (Å²) in [4.78, 5) is 11.5. The third kappa shape index (κ3) is 2.61. The number of carbonyl (C=O) groups excluding carboxylic acids is 1. The highest BCUT2D eigenvalue weighted by atomic mass is 16.5. The Labute approximate surface area is 149 Å². The van der Waals surface area contributed by atoms with Gasteiger partial charge < -0.3 is 14.9 Å². The van der Waals surface area contributed by atoms with Crippen molar-refractivity contribution in [1.82, 2.24) is 0 Å². The number of ether oxygens (including phenoxy) is 1. The Morgan fingerprint density at radius 1 is 1.32 bits per heavy atom. The van der Waals surface area contributed by atoms with Crippen LogP contribution in [0.2, 0.25) is 0 Å². The predicted molar refractivity (Wildman–Crippen MR) is 94.4 cm³/mol. The molecule has 0 aromatic heterocycles. The molecule has 136 valence electrons. The van der Waals surface area contributed by atoms with Gasteiger partial charge in [0.05, 0.1) is 12.2 Å². The molecule has 2 saturated carbocycles. The maximum atomic E-state index is 11.5. The molecule has 3 aliphatic carbocycles. The van der Waals surface area contributed by atoms with Crippen molar-refractivity contribution in [2.75, 3.05) is 0 Å². The molecule has 4 nitrogen and oxygen atoms in total. The zero-order valence-electron chi connectivity index (χ0n) is 15.1. The molecule has 4 heteroatoms. The van der Waals surface area contributed by atoms with E-state index in [1.54, 1.807) is 6.92 Å². The van der Waals surface area contributed by atoms with E-state index in [-0.39, 0.29) is 11.4 Å². The first-order valence-corrected chi connectivity index (χ1v) is 9.63. The molecule has 25 heavy (non-hydrogen) atoms. The van der Waals surface area contributed by atoms with Gasteiger partial charge in [0.1, 0.15) is 5.75 Å². The molecule has 0 bridgehead atoms. The second-order valence-electron chi connectivity index (χ2n) is 8.40. The monoisotopic (exact) mass is 344 g/mol. The second-order valence-corrected chi connectivity index (χ2v) is 8.40. The Kier molecular flexibility index (Phi) is 4.16. The molecule has 0 unspecified atom stereocenters. The summed E-state index contributed by atoms with van der Waals surface area (Å²) in [5.41, 5.74) is 2.53. The zero-order chi connectivity index (χ0) is 17.8. The molecule has 0 amide bonds. The lowest BCUT2D eigenvalue weighted by Crippen LogP contribution is -2.44. The van der Waals surface area contributed by atoms with Crippen molar-refractivity contribution in [3.8, 4) is 5.75 Å². The Morgan fingerprint density at radius 2 is 2.12 bits per heavy atom. The maximum absolute atomic E-state index is 11.5. The van der Waals surface area contributed by atoms with Crippen molar-refractivity contribution in [2.24, 2.45) is 17.3 Å². The van der Waals surface area contributed by atoms with Crippen LogP contribution in [-0.4, -0.2) is 28.4 Å². The maximum Gasteiger partial charge on any atom is 0.310 e.